The molecular formula is C13H14ClNOS. The lowest BCUT2D eigenvalue weighted by Gasteiger charge is -2.03. The molecule has 4 heteroatoms. The highest BCUT2D eigenvalue weighted by Gasteiger charge is 2.04. The first kappa shape index (κ1) is 12.4. The van der Waals surface area contributed by atoms with E-state index in [4.69, 9.17) is 16.3 Å². The molecule has 0 fully saturated rings. The van der Waals surface area contributed by atoms with Crippen LogP contribution in [0.3, 0.4) is 0 Å². The van der Waals surface area contributed by atoms with Gasteiger partial charge in [-0.15, -0.1) is 22.9 Å². The van der Waals surface area contributed by atoms with Crippen LogP contribution < -0.4 is 4.74 Å². The van der Waals surface area contributed by atoms with Crippen LogP contribution in [0.4, 0.5) is 0 Å². The summed E-state index contributed by atoms with van der Waals surface area (Å²) in [7, 11) is 0. The molecule has 1 aromatic carbocycles. The first-order chi connectivity index (χ1) is 8.33. The number of aryl methyl sites for hydroxylation is 1. The molecule has 1 heterocycles. The highest BCUT2D eigenvalue weighted by Crippen LogP contribution is 2.24. The molecule has 0 radical (unpaired) electrons. The standard InChI is InChI=1S/C13H14ClNOS/c1-2-16-11-5-3-10(4-6-11)12-9-17-13(15-12)7-8-14/h3-6,9H,2,7-8H2,1H3. The van der Waals surface area contributed by atoms with Crippen molar-refractivity contribution in [3.8, 4) is 17.0 Å². The molecular weight excluding hydrogens is 254 g/mol. The fourth-order valence-corrected chi connectivity index (χ4v) is 2.63. The summed E-state index contributed by atoms with van der Waals surface area (Å²) in [6.07, 6.45) is 0.837. The van der Waals surface area contributed by atoms with Crippen LogP contribution in [0.1, 0.15) is 11.9 Å². The van der Waals surface area contributed by atoms with Crippen LogP contribution in [0, 0.1) is 0 Å². The SMILES string of the molecule is CCOc1ccc(-c2csc(CCCl)n2)cc1. The Balaban J connectivity index is 2.15. The molecule has 0 atom stereocenters. The van der Waals surface area contributed by atoms with Gasteiger partial charge in [0.05, 0.1) is 17.3 Å². The van der Waals surface area contributed by atoms with Gasteiger partial charge in [0.1, 0.15) is 5.75 Å². The minimum absolute atomic E-state index is 0.621. The average molecular weight is 268 g/mol. The van der Waals surface area contributed by atoms with Gasteiger partial charge < -0.3 is 4.74 Å². The fourth-order valence-electron chi connectivity index (χ4n) is 1.53. The Labute approximate surface area is 110 Å². The molecule has 0 unspecified atom stereocenters. The van der Waals surface area contributed by atoms with E-state index in [0.29, 0.717) is 12.5 Å². The van der Waals surface area contributed by atoms with Crippen LogP contribution in [0.15, 0.2) is 29.6 Å². The monoisotopic (exact) mass is 267 g/mol. The van der Waals surface area contributed by atoms with Gasteiger partial charge in [-0.25, -0.2) is 4.98 Å². The number of hydrogen-bond donors (Lipinski definition) is 0. The first-order valence-electron chi connectivity index (χ1n) is 5.57. The predicted octanol–water partition coefficient (Wildman–Crippen LogP) is 3.99. The number of aromatic nitrogens is 1. The van der Waals surface area contributed by atoms with Crippen molar-refractivity contribution in [1.82, 2.24) is 4.98 Å². The number of thiazole rings is 1. The van der Waals surface area contributed by atoms with Crippen LogP contribution in [0.2, 0.25) is 0 Å². The lowest BCUT2D eigenvalue weighted by Crippen LogP contribution is -1.90. The summed E-state index contributed by atoms with van der Waals surface area (Å²) in [5.74, 6) is 1.52. The van der Waals surface area contributed by atoms with E-state index in [1.807, 2.05) is 31.2 Å². The Morgan fingerprint density at radius 3 is 2.71 bits per heavy atom. The van der Waals surface area contributed by atoms with Gasteiger partial charge >= 0.3 is 0 Å². The van der Waals surface area contributed by atoms with Crippen molar-refractivity contribution >= 4 is 22.9 Å². The highest BCUT2D eigenvalue weighted by molar-refractivity contribution is 7.10. The summed E-state index contributed by atoms with van der Waals surface area (Å²) in [6, 6.07) is 8.01. The summed E-state index contributed by atoms with van der Waals surface area (Å²) in [5, 5.41) is 3.15. The minimum Gasteiger partial charge on any atom is -0.494 e. The van der Waals surface area contributed by atoms with Gasteiger partial charge in [-0.3, -0.25) is 0 Å². The third-order valence-electron chi connectivity index (χ3n) is 2.32. The van der Waals surface area contributed by atoms with Crippen molar-refractivity contribution < 1.29 is 4.74 Å². The molecule has 0 amide bonds. The van der Waals surface area contributed by atoms with E-state index in [1.54, 1.807) is 11.3 Å². The summed E-state index contributed by atoms with van der Waals surface area (Å²) in [5.41, 5.74) is 2.13. The lowest BCUT2D eigenvalue weighted by atomic mass is 10.2. The van der Waals surface area contributed by atoms with Crippen LogP contribution in [-0.2, 0) is 6.42 Å². The molecule has 2 rings (SSSR count). The molecule has 2 nitrogen and oxygen atoms in total. The Kier molecular flexibility index (Phi) is 4.40. The Bertz CT molecular complexity index is 467. The molecule has 0 saturated carbocycles. The van der Waals surface area contributed by atoms with Crippen molar-refractivity contribution in [3.63, 3.8) is 0 Å². The van der Waals surface area contributed by atoms with E-state index in [1.165, 1.54) is 0 Å². The fraction of sp³-hybridized carbons (Fsp3) is 0.308. The molecule has 0 spiro atoms. The third kappa shape index (κ3) is 3.20. The van der Waals surface area contributed by atoms with Crippen LogP contribution in [0.5, 0.6) is 5.75 Å². The van der Waals surface area contributed by atoms with E-state index >= 15 is 0 Å². The molecule has 0 saturated heterocycles. The number of nitrogens with zero attached hydrogens (tertiary/aromatic N) is 1. The number of alkyl halides is 1. The van der Waals surface area contributed by atoms with E-state index in [-0.39, 0.29) is 0 Å². The van der Waals surface area contributed by atoms with Gasteiger partial charge in [0, 0.05) is 23.2 Å². The summed E-state index contributed by atoms with van der Waals surface area (Å²) < 4.78 is 5.41. The number of rotatable bonds is 5. The van der Waals surface area contributed by atoms with Gasteiger partial charge in [-0.1, -0.05) is 0 Å². The Hall–Kier alpha value is -1.06. The van der Waals surface area contributed by atoms with E-state index < -0.39 is 0 Å². The molecule has 0 bridgehead atoms. The van der Waals surface area contributed by atoms with Gasteiger partial charge in [0.25, 0.3) is 0 Å². The van der Waals surface area contributed by atoms with Crippen molar-refractivity contribution in [2.45, 2.75) is 13.3 Å². The molecule has 0 aliphatic heterocycles. The maximum atomic E-state index is 5.70. The topological polar surface area (TPSA) is 22.1 Å². The Morgan fingerprint density at radius 2 is 2.06 bits per heavy atom. The van der Waals surface area contributed by atoms with Crippen LogP contribution in [0.25, 0.3) is 11.3 Å². The molecule has 0 aliphatic rings. The maximum Gasteiger partial charge on any atom is 0.119 e. The second-order valence-electron chi connectivity index (χ2n) is 3.52. The lowest BCUT2D eigenvalue weighted by molar-refractivity contribution is 0.340. The zero-order chi connectivity index (χ0) is 12.1. The normalized spacial score (nSPS) is 10.5. The summed E-state index contributed by atoms with van der Waals surface area (Å²) in [4.78, 5) is 4.54. The average Bonchev–Trinajstić information content (AvgIpc) is 2.80. The minimum atomic E-state index is 0.621. The Morgan fingerprint density at radius 1 is 1.29 bits per heavy atom. The van der Waals surface area contributed by atoms with Crippen molar-refractivity contribution in [3.05, 3.63) is 34.7 Å². The number of halogens is 1. The molecule has 0 N–H and O–H groups in total. The van der Waals surface area contributed by atoms with Gasteiger partial charge in [-0.05, 0) is 31.2 Å². The second-order valence-corrected chi connectivity index (χ2v) is 4.84. The van der Waals surface area contributed by atoms with Crippen molar-refractivity contribution in [2.24, 2.45) is 0 Å². The van der Waals surface area contributed by atoms with E-state index in [0.717, 1.165) is 28.4 Å². The van der Waals surface area contributed by atoms with Crippen molar-refractivity contribution in [2.75, 3.05) is 12.5 Å². The van der Waals surface area contributed by atoms with Crippen molar-refractivity contribution in [1.29, 1.82) is 0 Å². The molecule has 2 aromatic rings. The predicted molar refractivity (Wildman–Crippen MR) is 73.1 cm³/mol. The molecule has 0 aliphatic carbocycles. The molecule has 17 heavy (non-hydrogen) atoms. The maximum absolute atomic E-state index is 5.70. The number of hydrogen-bond acceptors (Lipinski definition) is 3. The third-order valence-corrected chi connectivity index (χ3v) is 3.42. The quantitative estimate of drug-likeness (QED) is 0.764. The van der Waals surface area contributed by atoms with Gasteiger partial charge in [0.2, 0.25) is 0 Å². The number of benzene rings is 1. The van der Waals surface area contributed by atoms with Gasteiger partial charge in [-0.2, -0.15) is 0 Å². The number of ether oxygens (including phenoxy) is 1. The summed E-state index contributed by atoms with van der Waals surface area (Å²) >= 11 is 7.35. The zero-order valence-electron chi connectivity index (χ0n) is 9.65. The largest absolute Gasteiger partial charge is 0.494 e. The van der Waals surface area contributed by atoms with E-state index in [2.05, 4.69) is 10.4 Å². The zero-order valence-corrected chi connectivity index (χ0v) is 11.2. The smallest absolute Gasteiger partial charge is 0.119 e. The van der Waals surface area contributed by atoms with E-state index in [9.17, 15) is 0 Å². The molecule has 90 valence electrons. The first-order valence-corrected chi connectivity index (χ1v) is 6.98. The van der Waals surface area contributed by atoms with Crippen LogP contribution >= 0.6 is 22.9 Å². The highest BCUT2D eigenvalue weighted by atomic mass is 35.5. The second kappa shape index (κ2) is 6.03. The van der Waals surface area contributed by atoms with Crippen LogP contribution in [-0.4, -0.2) is 17.5 Å². The van der Waals surface area contributed by atoms with Gasteiger partial charge in [0.15, 0.2) is 0 Å². The summed E-state index contributed by atoms with van der Waals surface area (Å²) in [6.45, 7) is 2.67. The molecule has 1 aromatic heterocycles.